The van der Waals surface area contributed by atoms with Crippen molar-refractivity contribution in [2.24, 2.45) is 5.73 Å². The van der Waals surface area contributed by atoms with Crippen molar-refractivity contribution in [1.82, 2.24) is 0 Å². The molecule has 6 N–H and O–H groups in total. The number of amides is 1. The fraction of sp³-hybridized carbons (Fsp3) is 0.154. The number of carbonyl (C=O) groups is 2. The van der Waals surface area contributed by atoms with Gasteiger partial charge in [-0.15, -0.1) is 0 Å². The van der Waals surface area contributed by atoms with Gasteiger partial charge < -0.3 is 26.4 Å². The number of fused-ring (bicyclic) bond motifs is 1. The maximum Gasteiger partial charge on any atom is 0.217 e. The summed E-state index contributed by atoms with van der Waals surface area (Å²) in [5.41, 5.74) is 20.2. The van der Waals surface area contributed by atoms with Crippen LogP contribution in [0, 0.1) is 0 Å². The predicted molar refractivity (Wildman–Crippen MR) is 128 cm³/mol. The highest BCUT2D eigenvalue weighted by atomic mass is 16.5. The molecule has 0 unspecified atom stereocenters. The monoisotopic (exact) mass is 443 g/mol. The van der Waals surface area contributed by atoms with Crippen LogP contribution >= 0.6 is 0 Å². The number of ether oxygens (including phenoxy) is 1. The van der Waals surface area contributed by atoms with E-state index in [0.717, 1.165) is 5.56 Å². The van der Waals surface area contributed by atoms with Gasteiger partial charge in [0.25, 0.3) is 0 Å². The van der Waals surface area contributed by atoms with Crippen LogP contribution in [0.2, 0.25) is 0 Å². The Labute approximate surface area is 191 Å². The molecule has 1 heterocycles. The predicted octanol–water partition coefficient (Wildman–Crippen LogP) is 4.22. The highest BCUT2D eigenvalue weighted by molar-refractivity contribution is 6.17. The van der Waals surface area contributed by atoms with E-state index in [4.69, 9.17) is 26.4 Å². The first-order chi connectivity index (χ1) is 15.9. The third-order valence-electron chi connectivity index (χ3n) is 5.28. The van der Waals surface area contributed by atoms with E-state index in [2.05, 4.69) is 0 Å². The van der Waals surface area contributed by atoms with Crippen molar-refractivity contribution >= 4 is 34.0 Å². The molecule has 1 aromatic heterocycles. The number of furan rings is 1. The minimum Gasteiger partial charge on any atom is -0.489 e. The molecule has 33 heavy (non-hydrogen) atoms. The molecule has 4 rings (SSSR count). The number of carbonyl (C=O) groups excluding carboxylic acids is 2. The van der Waals surface area contributed by atoms with Crippen LogP contribution in [0.25, 0.3) is 11.0 Å². The highest BCUT2D eigenvalue weighted by Crippen LogP contribution is 2.33. The lowest BCUT2D eigenvalue weighted by atomic mass is 9.97. The molecule has 7 nitrogen and oxygen atoms in total. The number of hydrogen-bond donors (Lipinski definition) is 3. The molecule has 168 valence electrons. The van der Waals surface area contributed by atoms with E-state index in [1.807, 2.05) is 30.3 Å². The summed E-state index contributed by atoms with van der Waals surface area (Å²) in [6.45, 7) is 0.410. The minimum absolute atomic E-state index is 0.196. The van der Waals surface area contributed by atoms with Gasteiger partial charge in [-0.05, 0) is 42.3 Å². The lowest BCUT2D eigenvalue weighted by molar-refractivity contribution is -0.118. The first-order valence-electron chi connectivity index (χ1n) is 10.6. The molecule has 0 atom stereocenters. The van der Waals surface area contributed by atoms with Gasteiger partial charge in [0.2, 0.25) is 5.91 Å². The van der Waals surface area contributed by atoms with Crippen molar-refractivity contribution in [1.29, 1.82) is 0 Å². The van der Waals surface area contributed by atoms with Crippen molar-refractivity contribution in [2.45, 2.75) is 25.9 Å². The molecule has 0 fully saturated rings. The number of primary amides is 1. The fourth-order valence-electron chi connectivity index (χ4n) is 3.76. The van der Waals surface area contributed by atoms with E-state index in [1.165, 1.54) is 0 Å². The zero-order chi connectivity index (χ0) is 23.4. The second-order valence-electron chi connectivity index (χ2n) is 7.87. The first-order valence-corrected chi connectivity index (χ1v) is 10.6. The smallest absolute Gasteiger partial charge is 0.217 e. The molecule has 1 amide bonds. The highest BCUT2D eigenvalue weighted by Gasteiger charge is 2.23. The van der Waals surface area contributed by atoms with Crippen LogP contribution in [0.15, 0.2) is 71.1 Å². The van der Waals surface area contributed by atoms with Crippen LogP contribution in [-0.2, 0) is 17.8 Å². The Morgan fingerprint density at radius 1 is 0.909 bits per heavy atom. The number of anilines is 2. The lowest BCUT2D eigenvalue weighted by Gasteiger charge is -2.07. The van der Waals surface area contributed by atoms with Crippen molar-refractivity contribution in [3.8, 4) is 5.75 Å². The molecule has 0 aliphatic carbocycles. The largest absolute Gasteiger partial charge is 0.489 e. The van der Waals surface area contributed by atoms with Gasteiger partial charge in [0, 0.05) is 41.2 Å². The summed E-state index contributed by atoms with van der Waals surface area (Å²) >= 11 is 0. The zero-order valence-corrected chi connectivity index (χ0v) is 18.0. The summed E-state index contributed by atoms with van der Waals surface area (Å²) < 4.78 is 12.0. The van der Waals surface area contributed by atoms with Gasteiger partial charge in [-0.3, -0.25) is 9.59 Å². The summed E-state index contributed by atoms with van der Waals surface area (Å²) in [5.74, 6) is 0.451. The second-order valence-corrected chi connectivity index (χ2v) is 7.87. The number of hydrogen-bond acceptors (Lipinski definition) is 6. The number of nitrogen functional groups attached to an aromatic ring is 2. The third kappa shape index (κ3) is 5.15. The van der Waals surface area contributed by atoms with E-state index in [0.29, 0.717) is 64.4 Å². The first kappa shape index (κ1) is 22.0. The van der Waals surface area contributed by atoms with Crippen LogP contribution in [0.4, 0.5) is 11.4 Å². The normalized spacial score (nSPS) is 10.9. The van der Waals surface area contributed by atoms with Crippen molar-refractivity contribution < 1.29 is 18.7 Å². The quantitative estimate of drug-likeness (QED) is 0.262. The van der Waals surface area contributed by atoms with Crippen LogP contribution in [0.5, 0.6) is 5.75 Å². The van der Waals surface area contributed by atoms with Crippen LogP contribution in [-0.4, -0.2) is 11.7 Å². The molecular formula is C26H25N3O4. The molecule has 0 saturated heterocycles. The molecule has 0 radical (unpaired) electrons. The van der Waals surface area contributed by atoms with E-state index in [9.17, 15) is 9.59 Å². The van der Waals surface area contributed by atoms with Crippen LogP contribution in [0.1, 0.15) is 40.1 Å². The molecule has 0 spiro atoms. The van der Waals surface area contributed by atoms with Crippen LogP contribution < -0.4 is 21.9 Å². The summed E-state index contributed by atoms with van der Waals surface area (Å²) in [6.07, 6.45) is 1.05. The van der Waals surface area contributed by atoms with Gasteiger partial charge in [0.05, 0.1) is 5.56 Å². The molecular weight excluding hydrogens is 418 g/mol. The molecule has 0 aliphatic heterocycles. The van der Waals surface area contributed by atoms with Crippen molar-refractivity contribution in [2.75, 3.05) is 11.5 Å². The molecule has 7 heteroatoms. The number of nitrogens with two attached hydrogens (primary N) is 3. The maximum absolute atomic E-state index is 13.4. The molecule has 0 saturated carbocycles. The van der Waals surface area contributed by atoms with Crippen molar-refractivity contribution in [3.05, 3.63) is 89.2 Å². The van der Waals surface area contributed by atoms with E-state index < -0.39 is 5.91 Å². The number of benzene rings is 3. The van der Waals surface area contributed by atoms with Gasteiger partial charge in [-0.1, -0.05) is 30.3 Å². The Balaban J connectivity index is 1.69. The van der Waals surface area contributed by atoms with Gasteiger partial charge in [0.15, 0.2) is 5.78 Å². The second kappa shape index (κ2) is 9.48. The van der Waals surface area contributed by atoms with Gasteiger partial charge in [-0.2, -0.15) is 0 Å². The zero-order valence-electron chi connectivity index (χ0n) is 18.0. The molecule has 3 aromatic carbocycles. The Morgan fingerprint density at radius 2 is 1.64 bits per heavy atom. The third-order valence-corrected chi connectivity index (χ3v) is 5.28. The maximum atomic E-state index is 13.4. The SMILES string of the molecule is NC(=O)CCCc1oc2cc(OCc3ccccc3)ccc2c1C(=O)c1cc(N)cc(N)c1. The number of aryl methyl sites for hydroxylation is 1. The van der Waals surface area contributed by atoms with E-state index in [1.54, 1.807) is 36.4 Å². The van der Waals surface area contributed by atoms with E-state index in [-0.39, 0.29) is 12.2 Å². The number of rotatable bonds is 9. The lowest BCUT2D eigenvalue weighted by Crippen LogP contribution is -2.11. The molecule has 0 bridgehead atoms. The van der Waals surface area contributed by atoms with E-state index >= 15 is 0 Å². The Bertz CT molecular complexity index is 1290. The number of ketones is 1. The van der Waals surface area contributed by atoms with Crippen molar-refractivity contribution in [3.63, 3.8) is 0 Å². The summed E-state index contributed by atoms with van der Waals surface area (Å²) in [5, 5.41) is 0.655. The standard InChI is InChI=1S/C26H25N3O4/c27-18-11-17(12-19(28)13-18)26(31)25-21-10-9-20(32-15-16-5-2-1-3-6-16)14-23(21)33-22(25)7-4-8-24(29)30/h1-3,5-6,9-14H,4,7-8,15,27-28H2,(H2,29,30). The summed E-state index contributed by atoms with van der Waals surface area (Å²) in [6, 6.07) is 20.0. The minimum atomic E-state index is -0.404. The average molecular weight is 444 g/mol. The molecule has 4 aromatic rings. The Morgan fingerprint density at radius 3 is 2.33 bits per heavy atom. The fourth-order valence-corrected chi connectivity index (χ4v) is 3.76. The van der Waals surface area contributed by atoms with Gasteiger partial charge in [0.1, 0.15) is 23.7 Å². The van der Waals surface area contributed by atoms with Gasteiger partial charge in [-0.25, -0.2) is 0 Å². The molecule has 0 aliphatic rings. The average Bonchev–Trinajstić information content (AvgIpc) is 3.14. The summed E-state index contributed by atoms with van der Waals surface area (Å²) in [4.78, 5) is 24.6. The van der Waals surface area contributed by atoms with Crippen LogP contribution in [0.3, 0.4) is 0 Å². The van der Waals surface area contributed by atoms with Gasteiger partial charge >= 0.3 is 0 Å². The topological polar surface area (TPSA) is 135 Å². The Hall–Kier alpha value is -4.26. The Kier molecular flexibility index (Phi) is 6.31. The summed E-state index contributed by atoms with van der Waals surface area (Å²) in [7, 11) is 0.